The number of carboxylic acids is 1. The molecular weight excluding hydrogens is 290 g/mol. The van der Waals surface area contributed by atoms with Crippen LogP contribution in [0.5, 0.6) is 0 Å². The summed E-state index contributed by atoms with van der Waals surface area (Å²) in [5, 5.41) is 14.9. The van der Waals surface area contributed by atoms with E-state index in [0.717, 1.165) is 5.56 Å². The molecule has 0 radical (unpaired) electrons. The molecule has 108 valence electrons. The van der Waals surface area contributed by atoms with Crippen molar-refractivity contribution in [2.24, 2.45) is 0 Å². The predicted octanol–water partition coefficient (Wildman–Crippen LogP) is 3.10. The van der Waals surface area contributed by atoms with Crippen LogP contribution in [0, 0.1) is 0 Å². The topological polar surface area (TPSA) is 75.6 Å². The molecule has 0 spiro atoms. The second-order valence-electron chi connectivity index (χ2n) is 4.11. The third kappa shape index (κ3) is 4.77. The number of carbonyl (C=O) groups is 2. The number of aliphatic carboxylic acids is 1. The Kier molecular flexibility index (Phi) is 5.11. The van der Waals surface area contributed by atoms with Crippen molar-refractivity contribution < 1.29 is 19.4 Å². The van der Waals surface area contributed by atoms with Gasteiger partial charge in [-0.2, -0.15) is 11.3 Å². The molecular formula is C15H13NO4S. The first-order valence-electron chi connectivity index (χ1n) is 6.10. The van der Waals surface area contributed by atoms with Crippen LogP contribution in [0.3, 0.4) is 0 Å². The monoisotopic (exact) mass is 303 g/mol. The zero-order valence-electron chi connectivity index (χ0n) is 11.0. The van der Waals surface area contributed by atoms with Gasteiger partial charge in [-0.15, -0.1) is 0 Å². The summed E-state index contributed by atoms with van der Waals surface area (Å²) in [5.41, 5.74) is 1.30. The molecule has 1 aromatic heterocycles. The lowest BCUT2D eigenvalue weighted by atomic mass is 10.2. The highest BCUT2D eigenvalue weighted by Crippen LogP contribution is 2.10. The fourth-order valence-corrected chi connectivity index (χ4v) is 2.16. The quantitative estimate of drug-likeness (QED) is 0.832. The lowest BCUT2D eigenvalue weighted by molar-refractivity contribution is -0.132. The molecule has 5 nitrogen and oxygen atoms in total. The van der Waals surface area contributed by atoms with Gasteiger partial charge in [0.1, 0.15) is 12.3 Å². The number of amides is 1. The average Bonchev–Trinajstić information content (AvgIpc) is 2.98. The summed E-state index contributed by atoms with van der Waals surface area (Å²) in [6.07, 6.45) is 0.575. The first kappa shape index (κ1) is 14.8. The minimum absolute atomic E-state index is 0.0814. The van der Waals surface area contributed by atoms with Crippen LogP contribution in [0.4, 0.5) is 4.79 Å². The van der Waals surface area contributed by atoms with Crippen LogP contribution in [-0.4, -0.2) is 17.2 Å². The number of carboxylic acid groups (broad SMARTS) is 1. The Morgan fingerprint density at radius 1 is 1.24 bits per heavy atom. The molecule has 0 bridgehead atoms. The third-order valence-electron chi connectivity index (χ3n) is 2.53. The van der Waals surface area contributed by atoms with Crippen LogP contribution in [-0.2, 0) is 16.1 Å². The number of benzene rings is 1. The number of rotatable bonds is 5. The van der Waals surface area contributed by atoms with E-state index in [-0.39, 0.29) is 12.3 Å². The van der Waals surface area contributed by atoms with Crippen molar-refractivity contribution in [1.82, 2.24) is 5.32 Å². The summed E-state index contributed by atoms with van der Waals surface area (Å²) < 4.78 is 4.98. The molecule has 21 heavy (non-hydrogen) atoms. The van der Waals surface area contributed by atoms with Gasteiger partial charge in [0.2, 0.25) is 0 Å². The molecule has 2 aromatic rings. The molecule has 1 heterocycles. The Hall–Kier alpha value is -2.60. The van der Waals surface area contributed by atoms with Crippen molar-refractivity contribution in [3.05, 3.63) is 64.0 Å². The molecule has 0 aliphatic carbocycles. The SMILES string of the molecule is O=C(NC(=Cc1ccsc1)C(=O)O)OCc1ccccc1. The molecule has 2 N–H and O–H groups in total. The summed E-state index contributed by atoms with van der Waals surface area (Å²) >= 11 is 1.44. The van der Waals surface area contributed by atoms with Crippen LogP contribution in [0.15, 0.2) is 52.9 Å². The van der Waals surface area contributed by atoms with Gasteiger partial charge in [-0.1, -0.05) is 30.3 Å². The first-order chi connectivity index (χ1) is 10.1. The van der Waals surface area contributed by atoms with Gasteiger partial charge in [0.05, 0.1) is 0 Å². The normalized spacial score (nSPS) is 11.0. The second-order valence-corrected chi connectivity index (χ2v) is 4.89. The summed E-state index contributed by atoms with van der Waals surface area (Å²) in [7, 11) is 0. The number of hydrogen-bond donors (Lipinski definition) is 2. The maximum absolute atomic E-state index is 11.6. The largest absolute Gasteiger partial charge is 0.477 e. The third-order valence-corrected chi connectivity index (χ3v) is 3.24. The van der Waals surface area contributed by atoms with Crippen LogP contribution >= 0.6 is 11.3 Å². The van der Waals surface area contributed by atoms with Crippen molar-refractivity contribution in [2.45, 2.75) is 6.61 Å². The number of alkyl carbamates (subject to hydrolysis) is 1. The Labute approximate surface area is 125 Å². The lowest BCUT2D eigenvalue weighted by Crippen LogP contribution is -2.27. The molecule has 0 atom stereocenters. The van der Waals surface area contributed by atoms with Gasteiger partial charge in [-0.25, -0.2) is 9.59 Å². The Morgan fingerprint density at radius 3 is 2.62 bits per heavy atom. The molecule has 0 aliphatic heterocycles. The van der Waals surface area contributed by atoms with Gasteiger partial charge in [-0.3, -0.25) is 5.32 Å². The summed E-state index contributed by atoms with van der Waals surface area (Å²) in [6.45, 7) is 0.0814. The van der Waals surface area contributed by atoms with Crippen molar-refractivity contribution >= 4 is 29.5 Å². The van der Waals surface area contributed by atoms with Crippen molar-refractivity contribution in [3.8, 4) is 0 Å². The molecule has 0 saturated heterocycles. The van der Waals surface area contributed by atoms with E-state index < -0.39 is 12.1 Å². The van der Waals surface area contributed by atoms with E-state index in [4.69, 9.17) is 9.84 Å². The smallest absolute Gasteiger partial charge is 0.412 e. The number of carbonyl (C=O) groups excluding carboxylic acids is 1. The summed E-state index contributed by atoms with van der Waals surface area (Å²) in [6, 6.07) is 10.9. The van der Waals surface area contributed by atoms with Crippen LogP contribution in [0.1, 0.15) is 11.1 Å². The molecule has 2 rings (SSSR count). The Bertz CT molecular complexity index is 635. The van der Waals surface area contributed by atoms with Gasteiger partial charge in [0.25, 0.3) is 0 Å². The minimum atomic E-state index is -1.22. The van der Waals surface area contributed by atoms with Crippen molar-refractivity contribution in [2.75, 3.05) is 0 Å². The van der Waals surface area contributed by atoms with E-state index in [1.165, 1.54) is 17.4 Å². The molecule has 1 amide bonds. The molecule has 6 heteroatoms. The molecule has 0 fully saturated rings. The average molecular weight is 303 g/mol. The second kappa shape index (κ2) is 7.25. The lowest BCUT2D eigenvalue weighted by Gasteiger charge is -2.07. The molecule has 1 aromatic carbocycles. The summed E-state index contributed by atoms with van der Waals surface area (Å²) in [4.78, 5) is 22.7. The maximum Gasteiger partial charge on any atom is 0.412 e. The van der Waals surface area contributed by atoms with Gasteiger partial charge in [-0.05, 0) is 34.0 Å². The van der Waals surface area contributed by atoms with E-state index >= 15 is 0 Å². The van der Waals surface area contributed by atoms with E-state index in [0.29, 0.717) is 5.56 Å². The van der Waals surface area contributed by atoms with Crippen LogP contribution in [0.25, 0.3) is 6.08 Å². The molecule has 0 aliphatic rings. The minimum Gasteiger partial charge on any atom is -0.477 e. The van der Waals surface area contributed by atoms with Crippen LogP contribution in [0.2, 0.25) is 0 Å². The first-order valence-corrected chi connectivity index (χ1v) is 7.04. The number of hydrogen-bond acceptors (Lipinski definition) is 4. The van der Waals surface area contributed by atoms with Crippen molar-refractivity contribution in [1.29, 1.82) is 0 Å². The Balaban J connectivity index is 1.94. The van der Waals surface area contributed by atoms with Gasteiger partial charge in [0, 0.05) is 0 Å². The highest BCUT2D eigenvalue weighted by Gasteiger charge is 2.12. The van der Waals surface area contributed by atoms with E-state index in [2.05, 4.69) is 5.32 Å². The molecule has 0 unspecified atom stereocenters. The Morgan fingerprint density at radius 2 is 2.00 bits per heavy atom. The van der Waals surface area contributed by atoms with Gasteiger partial charge < -0.3 is 9.84 Å². The summed E-state index contributed by atoms with van der Waals surface area (Å²) in [5.74, 6) is -1.22. The zero-order valence-corrected chi connectivity index (χ0v) is 11.8. The number of thiophene rings is 1. The van der Waals surface area contributed by atoms with E-state index in [1.807, 2.05) is 35.7 Å². The van der Waals surface area contributed by atoms with E-state index in [9.17, 15) is 9.59 Å². The predicted molar refractivity (Wildman–Crippen MR) is 79.7 cm³/mol. The fraction of sp³-hybridized carbons (Fsp3) is 0.0667. The highest BCUT2D eigenvalue weighted by atomic mass is 32.1. The van der Waals surface area contributed by atoms with Crippen molar-refractivity contribution in [3.63, 3.8) is 0 Å². The zero-order chi connectivity index (χ0) is 15.1. The standard InChI is InChI=1S/C15H13NO4S/c17-14(18)13(8-12-6-7-21-10-12)16-15(19)20-9-11-4-2-1-3-5-11/h1-8,10H,9H2,(H,16,19)(H,17,18). The maximum atomic E-state index is 11.6. The molecule has 0 saturated carbocycles. The fourth-order valence-electron chi connectivity index (χ4n) is 1.54. The highest BCUT2D eigenvalue weighted by molar-refractivity contribution is 7.08. The van der Waals surface area contributed by atoms with Gasteiger partial charge >= 0.3 is 12.1 Å². The number of ether oxygens (including phenoxy) is 1. The number of nitrogens with one attached hydrogen (secondary N) is 1. The van der Waals surface area contributed by atoms with Gasteiger partial charge in [0.15, 0.2) is 0 Å². The van der Waals surface area contributed by atoms with E-state index in [1.54, 1.807) is 11.4 Å². The van der Waals surface area contributed by atoms with Crippen LogP contribution < -0.4 is 5.32 Å².